The highest BCUT2D eigenvalue weighted by Gasteiger charge is 2.17. The van der Waals surface area contributed by atoms with Crippen molar-refractivity contribution >= 4 is 11.6 Å². The number of hydrogen-bond acceptors (Lipinski definition) is 2. The Morgan fingerprint density at radius 2 is 2.06 bits per heavy atom. The van der Waals surface area contributed by atoms with Crippen LogP contribution in [0.5, 0.6) is 0 Å². The van der Waals surface area contributed by atoms with Crippen LogP contribution in [0, 0.1) is 13.8 Å². The van der Waals surface area contributed by atoms with Crippen LogP contribution in [0.4, 0.5) is 0 Å². The zero-order valence-electron chi connectivity index (χ0n) is 10.6. The van der Waals surface area contributed by atoms with Crippen LogP contribution in [0.2, 0.25) is 0 Å². The van der Waals surface area contributed by atoms with Crippen molar-refractivity contribution in [1.29, 1.82) is 0 Å². The summed E-state index contributed by atoms with van der Waals surface area (Å²) in [6, 6.07) is 4.38. The summed E-state index contributed by atoms with van der Waals surface area (Å²) < 4.78 is 0. The van der Waals surface area contributed by atoms with E-state index in [9.17, 15) is 4.79 Å². The average molecular weight is 230 g/mol. The van der Waals surface area contributed by atoms with Crippen molar-refractivity contribution in [2.24, 2.45) is 5.10 Å². The summed E-state index contributed by atoms with van der Waals surface area (Å²) in [7, 11) is 0. The Morgan fingerprint density at radius 1 is 1.29 bits per heavy atom. The number of carbonyl (C=O) groups excluding carboxylic acids is 1. The van der Waals surface area contributed by atoms with Crippen molar-refractivity contribution in [2.45, 2.75) is 40.0 Å². The summed E-state index contributed by atoms with van der Waals surface area (Å²) in [6.07, 6.45) is 3.16. The van der Waals surface area contributed by atoms with E-state index in [0.717, 1.165) is 25.0 Å². The molecule has 1 aliphatic carbocycles. The van der Waals surface area contributed by atoms with E-state index >= 15 is 0 Å². The second-order valence-electron chi connectivity index (χ2n) is 4.69. The molecule has 0 radical (unpaired) electrons. The molecule has 1 aromatic rings. The molecule has 0 aromatic heterocycles. The Kier molecular flexibility index (Phi) is 3.27. The number of aryl methyl sites for hydroxylation is 2. The molecule has 3 nitrogen and oxygen atoms in total. The van der Waals surface area contributed by atoms with E-state index in [4.69, 9.17) is 0 Å². The quantitative estimate of drug-likeness (QED) is 0.740. The van der Waals surface area contributed by atoms with E-state index in [1.807, 2.05) is 0 Å². The van der Waals surface area contributed by atoms with Gasteiger partial charge in [-0.05, 0) is 50.3 Å². The van der Waals surface area contributed by atoms with Crippen LogP contribution in [0.15, 0.2) is 17.2 Å². The van der Waals surface area contributed by atoms with Gasteiger partial charge in [-0.1, -0.05) is 11.6 Å². The summed E-state index contributed by atoms with van der Waals surface area (Å²) in [5, 5.41) is 4.22. The first-order chi connectivity index (χ1) is 8.08. The summed E-state index contributed by atoms with van der Waals surface area (Å²) in [4.78, 5) is 10.9. The maximum Gasteiger partial charge on any atom is 0.236 e. The summed E-state index contributed by atoms with van der Waals surface area (Å²) in [5.41, 5.74) is 8.72. The van der Waals surface area contributed by atoms with Crippen molar-refractivity contribution in [3.05, 3.63) is 34.4 Å². The molecule has 1 N–H and O–H groups in total. The van der Waals surface area contributed by atoms with Crippen LogP contribution < -0.4 is 5.43 Å². The molecule has 0 atom stereocenters. The smallest absolute Gasteiger partial charge is 0.236 e. The van der Waals surface area contributed by atoms with Gasteiger partial charge in [0.05, 0.1) is 5.71 Å². The maximum absolute atomic E-state index is 10.9. The van der Waals surface area contributed by atoms with Gasteiger partial charge in [-0.15, -0.1) is 0 Å². The molecule has 1 aliphatic rings. The van der Waals surface area contributed by atoms with Crippen molar-refractivity contribution in [3.8, 4) is 0 Å². The predicted octanol–water partition coefficient (Wildman–Crippen LogP) is 2.48. The third kappa shape index (κ3) is 2.54. The standard InChI is InChI=1S/C14H18N2O/c1-9-7-10(2)12-5-4-6-14(13(12)8-9)16-15-11(3)17/h7-8H,4-6H2,1-3H3,(H,15,17)/b16-14+. The minimum Gasteiger partial charge on any atom is -0.274 e. The number of nitrogens with zero attached hydrogens (tertiary/aromatic N) is 1. The number of hydrazone groups is 1. The predicted molar refractivity (Wildman–Crippen MR) is 69.2 cm³/mol. The molecule has 1 amide bonds. The van der Waals surface area contributed by atoms with Gasteiger partial charge in [-0.25, -0.2) is 5.43 Å². The molecule has 0 saturated heterocycles. The Balaban J connectivity index is 2.43. The molecular formula is C14H18N2O. The maximum atomic E-state index is 10.9. The molecule has 2 rings (SSSR count). The normalized spacial score (nSPS) is 16.8. The Hall–Kier alpha value is -1.64. The van der Waals surface area contributed by atoms with E-state index in [2.05, 4.69) is 36.5 Å². The van der Waals surface area contributed by atoms with Crippen molar-refractivity contribution in [1.82, 2.24) is 5.43 Å². The minimum absolute atomic E-state index is 0.117. The molecule has 0 heterocycles. The van der Waals surface area contributed by atoms with Gasteiger partial charge in [-0.2, -0.15) is 5.10 Å². The highest BCUT2D eigenvalue weighted by molar-refractivity contribution is 6.03. The number of benzene rings is 1. The third-order valence-corrected chi connectivity index (χ3v) is 3.12. The molecule has 0 saturated carbocycles. The van der Waals surface area contributed by atoms with Gasteiger partial charge in [-0.3, -0.25) is 4.79 Å². The molecule has 17 heavy (non-hydrogen) atoms. The third-order valence-electron chi connectivity index (χ3n) is 3.12. The van der Waals surface area contributed by atoms with Gasteiger partial charge in [0.1, 0.15) is 0 Å². The topological polar surface area (TPSA) is 41.5 Å². The Bertz CT molecular complexity index is 489. The number of carbonyl (C=O) groups is 1. The monoisotopic (exact) mass is 230 g/mol. The van der Waals surface area contributed by atoms with E-state index in [-0.39, 0.29) is 5.91 Å². The summed E-state index contributed by atoms with van der Waals surface area (Å²) in [6.45, 7) is 5.72. The number of fused-ring (bicyclic) bond motifs is 1. The van der Waals surface area contributed by atoms with Crippen LogP contribution in [-0.4, -0.2) is 11.6 Å². The lowest BCUT2D eigenvalue weighted by Gasteiger charge is -2.20. The Labute approximate surface area is 102 Å². The van der Waals surface area contributed by atoms with Crippen LogP contribution in [0.3, 0.4) is 0 Å². The molecule has 1 aromatic carbocycles. The van der Waals surface area contributed by atoms with Gasteiger partial charge in [0, 0.05) is 12.5 Å². The summed E-state index contributed by atoms with van der Waals surface area (Å²) >= 11 is 0. The van der Waals surface area contributed by atoms with Crippen molar-refractivity contribution in [3.63, 3.8) is 0 Å². The fourth-order valence-corrected chi connectivity index (χ4v) is 2.42. The van der Waals surface area contributed by atoms with E-state index < -0.39 is 0 Å². The Morgan fingerprint density at radius 3 is 2.76 bits per heavy atom. The number of amides is 1. The number of rotatable bonds is 1. The van der Waals surface area contributed by atoms with Crippen LogP contribution in [-0.2, 0) is 11.2 Å². The van der Waals surface area contributed by atoms with Crippen LogP contribution >= 0.6 is 0 Å². The van der Waals surface area contributed by atoms with Crippen molar-refractivity contribution in [2.75, 3.05) is 0 Å². The van der Waals surface area contributed by atoms with Gasteiger partial charge in [0.2, 0.25) is 5.91 Å². The zero-order valence-corrected chi connectivity index (χ0v) is 10.6. The lowest BCUT2D eigenvalue weighted by atomic mass is 9.86. The molecule has 0 unspecified atom stereocenters. The molecule has 90 valence electrons. The molecule has 0 spiro atoms. The SMILES string of the molecule is CC(=O)N/N=C1\CCCc2c(C)cc(C)cc21. The van der Waals surface area contributed by atoms with E-state index in [1.165, 1.54) is 29.2 Å². The highest BCUT2D eigenvalue weighted by atomic mass is 16.2. The molecular weight excluding hydrogens is 212 g/mol. The fraction of sp³-hybridized carbons (Fsp3) is 0.429. The first-order valence-corrected chi connectivity index (χ1v) is 6.01. The van der Waals surface area contributed by atoms with Crippen LogP contribution in [0.25, 0.3) is 0 Å². The lowest BCUT2D eigenvalue weighted by molar-refractivity contribution is -0.118. The minimum atomic E-state index is -0.117. The molecule has 0 bridgehead atoms. The van der Waals surface area contributed by atoms with Gasteiger partial charge in [0.25, 0.3) is 0 Å². The number of hydrogen-bond donors (Lipinski definition) is 1. The highest BCUT2D eigenvalue weighted by Crippen LogP contribution is 2.26. The van der Waals surface area contributed by atoms with Crippen LogP contribution in [0.1, 0.15) is 42.0 Å². The largest absolute Gasteiger partial charge is 0.274 e. The summed E-state index contributed by atoms with van der Waals surface area (Å²) in [5.74, 6) is -0.117. The van der Waals surface area contributed by atoms with E-state index in [1.54, 1.807) is 0 Å². The molecule has 3 heteroatoms. The number of nitrogens with one attached hydrogen (secondary N) is 1. The van der Waals surface area contributed by atoms with Gasteiger partial charge < -0.3 is 0 Å². The van der Waals surface area contributed by atoms with Gasteiger partial charge in [0.15, 0.2) is 0 Å². The first-order valence-electron chi connectivity index (χ1n) is 6.01. The second-order valence-corrected chi connectivity index (χ2v) is 4.69. The van der Waals surface area contributed by atoms with E-state index in [0.29, 0.717) is 0 Å². The van der Waals surface area contributed by atoms with Gasteiger partial charge >= 0.3 is 0 Å². The average Bonchev–Trinajstić information content (AvgIpc) is 2.26. The first kappa shape index (κ1) is 11.8. The second kappa shape index (κ2) is 4.70. The fourth-order valence-electron chi connectivity index (χ4n) is 2.42. The molecule has 0 fully saturated rings. The lowest BCUT2D eigenvalue weighted by Crippen LogP contribution is -2.20. The zero-order chi connectivity index (χ0) is 12.4. The van der Waals surface area contributed by atoms with Crippen molar-refractivity contribution < 1.29 is 4.79 Å². The molecule has 0 aliphatic heterocycles.